The lowest BCUT2D eigenvalue weighted by Crippen LogP contribution is -2.40. The van der Waals surface area contributed by atoms with E-state index in [0.717, 1.165) is 35.4 Å². The van der Waals surface area contributed by atoms with Crippen molar-refractivity contribution in [3.8, 4) is 0 Å². The van der Waals surface area contributed by atoms with Gasteiger partial charge in [-0.3, -0.25) is 0 Å². The molecule has 0 aromatic heterocycles. The molecule has 1 aliphatic rings. The third-order valence-electron chi connectivity index (χ3n) is 4.23. The fourth-order valence-corrected chi connectivity index (χ4v) is 3.61. The van der Waals surface area contributed by atoms with Crippen LogP contribution in [0.4, 0.5) is 0 Å². The molecule has 0 amide bonds. The van der Waals surface area contributed by atoms with Gasteiger partial charge in [-0.15, -0.1) is 12.4 Å². The predicted octanol–water partition coefficient (Wildman–Crippen LogP) is 5.19. The largest absolute Gasteiger partial charge is 0.317 e. The van der Waals surface area contributed by atoms with Gasteiger partial charge in [0.1, 0.15) is 0 Å². The summed E-state index contributed by atoms with van der Waals surface area (Å²) in [7, 11) is 0. The van der Waals surface area contributed by atoms with E-state index in [2.05, 4.69) is 63.7 Å². The summed E-state index contributed by atoms with van der Waals surface area (Å²) >= 11 is 9.74. The second-order valence-corrected chi connectivity index (χ2v) is 6.70. The maximum atomic E-state index is 6.22. The summed E-state index contributed by atoms with van der Waals surface area (Å²) < 4.78 is 1.12. The van der Waals surface area contributed by atoms with Crippen LogP contribution in [-0.2, 0) is 5.41 Å². The minimum Gasteiger partial charge on any atom is -0.317 e. The molecule has 1 saturated heterocycles. The molecular weight excluding hydrogens is 369 g/mol. The number of halogens is 3. The van der Waals surface area contributed by atoms with Gasteiger partial charge in [-0.1, -0.05) is 51.8 Å². The van der Waals surface area contributed by atoms with Crippen LogP contribution in [0.15, 0.2) is 53.0 Å². The number of hydrogen-bond acceptors (Lipinski definition) is 1. The van der Waals surface area contributed by atoms with E-state index < -0.39 is 0 Å². The summed E-state index contributed by atoms with van der Waals surface area (Å²) in [6, 6.07) is 17.1. The summed E-state index contributed by atoms with van der Waals surface area (Å²) in [5, 5.41) is 4.28. The van der Waals surface area contributed by atoms with Crippen molar-refractivity contribution in [3.05, 3.63) is 69.2 Å². The Morgan fingerprint density at radius 3 is 2.24 bits per heavy atom. The second-order valence-electron chi connectivity index (χ2n) is 5.35. The SMILES string of the molecule is Cl.Clc1cccc(C2(c3ccc(Br)cc3)CCNCC2)c1. The lowest BCUT2D eigenvalue weighted by Gasteiger charge is -2.39. The summed E-state index contributed by atoms with van der Waals surface area (Å²) in [5.41, 5.74) is 2.79. The van der Waals surface area contributed by atoms with E-state index in [9.17, 15) is 0 Å². The van der Waals surface area contributed by atoms with E-state index >= 15 is 0 Å². The Morgan fingerprint density at radius 2 is 1.62 bits per heavy atom. The third-order valence-corrected chi connectivity index (χ3v) is 4.99. The van der Waals surface area contributed by atoms with Crippen LogP contribution in [0, 0.1) is 0 Å². The van der Waals surface area contributed by atoms with Gasteiger partial charge < -0.3 is 5.32 Å². The van der Waals surface area contributed by atoms with Gasteiger partial charge in [0.15, 0.2) is 0 Å². The van der Waals surface area contributed by atoms with E-state index in [1.54, 1.807) is 0 Å². The molecule has 3 rings (SSSR count). The Hall–Kier alpha value is -0.540. The lowest BCUT2D eigenvalue weighted by molar-refractivity contribution is 0.362. The Bertz CT molecular complexity index is 592. The Kier molecular flexibility index (Phi) is 5.73. The van der Waals surface area contributed by atoms with Crippen LogP contribution in [0.25, 0.3) is 0 Å². The summed E-state index contributed by atoms with van der Waals surface area (Å²) in [6.07, 6.45) is 2.21. The van der Waals surface area contributed by atoms with Crippen molar-refractivity contribution >= 4 is 39.9 Å². The highest BCUT2D eigenvalue weighted by molar-refractivity contribution is 9.10. The van der Waals surface area contributed by atoms with Crippen LogP contribution in [0.1, 0.15) is 24.0 Å². The van der Waals surface area contributed by atoms with Crippen LogP contribution in [0.3, 0.4) is 0 Å². The van der Waals surface area contributed by atoms with Crippen molar-refractivity contribution < 1.29 is 0 Å². The molecule has 0 radical (unpaired) electrons. The maximum absolute atomic E-state index is 6.22. The van der Waals surface area contributed by atoms with Gasteiger partial charge in [-0.25, -0.2) is 0 Å². The van der Waals surface area contributed by atoms with E-state index in [-0.39, 0.29) is 17.8 Å². The Labute approximate surface area is 145 Å². The molecule has 0 aliphatic carbocycles. The molecule has 0 spiro atoms. The van der Waals surface area contributed by atoms with Crippen LogP contribution in [-0.4, -0.2) is 13.1 Å². The van der Waals surface area contributed by atoms with Crippen molar-refractivity contribution in [1.82, 2.24) is 5.32 Å². The molecule has 21 heavy (non-hydrogen) atoms. The summed E-state index contributed by atoms with van der Waals surface area (Å²) in [6.45, 7) is 2.09. The average Bonchev–Trinajstić information content (AvgIpc) is 2.49. The smallest absolute Gasteiger partial charge is 0.0409 e. The molecule has 0 unspecified atom stereocenters. The summed E-state index contributed by atoms with van der Waals surface area (Å²) in [4.78, 5) is 0. The second kappa shape index (κ2) is 7.15. The van der Waals surface area contributed by atoms with Crippen LogP contribution in [0.5, 0.6) is 0 Å². The molecule has 0 bridgehead atoms. The molecule has 4 heteroatoms. The van der Waals surface area contributed by atoms with Gasteiger partial charge in [0.05, 0.1) is 0 Å². The van der Waals surface area contributed by atoms with Gasteiger partial charge in [0.25, 0.3) is 0 Å². The van der Waals surface area contributed by atoms with E-state index in [1.165, 1.54) is 11.1 Å². The number of benzene rings is 2. The quantitative estimate of drug-likeness (QED) is 0.748. The fourth-order valence-electron chi connectivity index (χ4n) is 3.15. The third kappa shape index (κ3) is 3.45. The number of hydrogen-bond donors (Lipinski definition) is 1. The zero-order chi connectivity index (χ0) is 14.0. The van der Waals surface area contributed by atoms with Crippen molar-refractivity contribution in [3.63, 3.8) is 0 Å². The highest BCUT2D eigenvalue weighted by atomic mass is 79.9. The summed E-state index contributed by atoms with van der Waals surface area (Å²) in [5.74, 6) is 0. The Balaban J connectivity index is 0.00000161. The molecule has 0 saturated carbocycles. The monoisotopic (exact) mass is 385 g/mol. The number of rotatable bonds is 2. The highest BCUT2D eigenvalue weighted by Gasteiger charge is 2.35. The molecule has 1 nitrogen and oxygen atoms in total. The van der Waals surface area contributed by atoms with Gasteiger partial charge in [0.2, 0.25) is 0 Å². The predicted molar refractivity (Wildman–Crippen MR) is 95.7 cm³/mol. The number of nitrogens with one attached hydrogen (secondary N) is 1. The molecule has 1 N–H and O–H groups in total. The average molecular weight is 387 g/mol. The normalized spacial score (nSPS) is 17.0. The molecule has 1 fully saturated rings. The molecule has 1 heterocycles. The molecule has 0 atom stereocenters. The minimum atomic E-state index is 0. The van der Waals surface area contributed by atoms with Gasteiger partial charge in [-0.05, 0) is 61.3 Å². The topological polar surface area (TPSA) is 12.0 Å². The first-order valence-corrected chi connectivity index (χ1v) is 8.11. The zero-order valence-corrected chi connectivity index (χ0v) is 14.8. The lowest BCUT2D eigenvalue weighted by atomic mass is 9.68. The van der Waals surface area contributed by atoms with Crippen molar-refractivity contribution in [2.45, 2.75) is 18.3 Å². The van der Waals surface area contributed by atoms with Crippen LogP contribution >= 0.6 is 39.9 Å². The standard InChI is InChI=1S/C17H17BrClN.ClH/c18-15-6-4-13(5-7-15)17(8-10-20-11-9-17)14-2-1-3-16(19)12-14;/h1-7,12,20H,8-11H2;1H. The first kappa shape index (κ1) is 16.8. The first-order chi connectivity index (χ1) is 9.71. The number of piperidine rings is 1. The van der Waals surface area contributed by atoms with E-state index in [4.69, 9.17) is 11.6 Å². The fraction of sp³-hybridized carbons (Fsp3) is 0.294. The minimum absolute atomic E-state index is 0. The Morgan fingerprint density at radius 1 is 0.952 bits per heavy atom. The molecule has 2 aromatic rings. The molecule has 2 aromatic carbocycles. The van der Waals surface area contributed by atoms with Gasteiger partial charge in [0, 0.05) is 14.9 Å². The van der Waals surface area contributed by atoms with Crippen molar-refractivity contribution in [2.75, 3.05) is 13.1 Å². The highest BCUT2D eigenvalue weighted by Crippen LogP contribution is 2.41. The van der Waals surface area contributed by atoms with E-state index in [1.807, 2.05) is 6.07 Å². The van der Waals surface area contributed by atoms with Crippen molar-refractivity contribution in [2.24, 2.45) is 0 Å². The maximum Gasteiger partial charge on any atom is 0.0409 e. The van der Waals surface area contributed by atoms with Gasteiger partial charge >= 0.3 is 0 Å². The van der Waals surface area contributed by atoms with Crippen LogP contribution in [0.2, 0.25) is 5.02 Å². The first-order valence-electron chi connectivity index (χ1n) is 6.93. The van der Waals surface area contributed by atoms with Gasteiger partial charge in [-0.2, -0.15) is 0 Å². The van der Waals surface area contributed by atoms with Crippen molar-refractivity contribution in [1.29, 1.82) is 0 Å². The molecular formula is C17H18BrCl2N. The molecule has 112 valence electrons. The molecule has 1 aliphatic heterocycles. The zero-order valence-electron chi connectivity index (χ0n) is 11.6. The van der Waals surface area contributed by atoms with E-state index in [0.29, 0.717) is 0 Å². The van der Waals surface area contributed by atoms with Crippen LogP contribution < -0.4 is 5.32 Å².